The van der Waals surface area contributed by atoms with Crippen LogP contribution < -0.4 is 11.5 Å². The first-order valence-corrected chi connectivity index (χ1v) is 4.43. The van der Waals surface area contributed by atoms with Crippen molar-refractivity contribution in [3.63, 3.8) is 0 Å². The van der Waals surface area contributed by atoms with Crippen molar-refractivity contribution >= 4 is 12.2 Å². The molecule has 6 heteroatoms. The van der Waals surface area contributed by atoms with Crippen LogP contribution in [-0.2, 0) is 0 Å². The van der Waals surface area contributed by atoms with Crippen LogP contribution in [0.3, 0.4) is 0 Å². The fourth-order valence-electron chi connectivity index (χ4n) is 1.06. The van der Waals surface area contributed by atoms with E-state index in [1.54, 1.807) is 0 Å². The largest absolute Gasteiger partial charge is 0.465 e. The summed E-state index contributed by atoms with van der Waals surface area (Å²) in [5.74, 6) is 0. The summed E-state index contributed by atoms with van der Waals surface area (Å²) in [7, 11) is 0. The molecular formula is C8H18N2O4. The molecule has 1 rings (SSSR count). The Kier molecular flexibility index (Phi) is 12.4. The molecule has 1 fully saturated rings. The molecule has 14 heavy (non-hydrogen) atoms. The van der Waals surface area contributed by atoms with Gasteiger partial charge in [0, 0.05) is 0 Å². The zero-order valence-electron chi connectivity index (χ0n) is 8.11. The second kappa shape index (κ2) is 11.5. The van der Waals surface area contributed by atoms with Gasteiger partial charge in [-0.15, -0.1) is 0 Å². The summed E-state index contributed by atoms with van der Waals surface area (Å²) < 4.78 is 0. The second-order valence-electron chi connectivity index (χ2n) is 2.80. The Morgan fingerprint density at radius 3 is 0.857 bits per heavy atom. The summed E-state index contributed by atoms with van der Waals surface area (Å²) in [6.07, 6.45) is 6.33. The third-order valence-corrected chi connectivity index (χ3v) is 1.50. The van der Waals surface area contributed by atoms with Crippen molar-refractivity contribution in [2.75, 3.05) is 0 Å². The molecule has 0 bridgehead atoms. The van der Waals surface area contributed by atoms with Gasteiger partial charge in [0.15, 0.2) is 0 Å². The summed E-state index contributed by atoms with van der Waals surface area (Å²) in [4.78, 5) is 17.6. The Morgan fingerprint density at radius 2 is 0.786 bits per heavy atom. The lowest BCUT2D eigenvalue weighted by Crippen LogP contribution is -2.03. The minimum atomic E-state index is -1.33. The first kappa shape index (κ1) is 15.0. The minimum Gasteiger partial charge on any atom is -0.465 e. The average Bonchev–Trinajstić information content (AvgIpc) is 2.05. The predicted octanol–water partition coefficient (Wildman–Crippen LogP) is 1.59. The van der Waals surface area contributed by atoms with Gasteiger partial charge in [0.2, 0.25) is 0 Å². The van der Waals surface area contributed by atoms with Crippen LogP contribution in [-0.4, -0.2) is 22.4 Å². The van der Waals surface area contributed by atoms with Crippen LogP contribution in [0, 0.1) is 0 Å². The summed E-state index contributed by atoms with van der Waals surface area (Å²) in [5.41, 5.74) is 8.06. The number of hydrogen-bond donors (Lipinski definition) is 4. The van der Waals surface area contributed by atoms with Crippen LogP contribution in [0.1, 0.15) is 38.5 Å². The van der Waals surface area contributed by atoms with E-state index in [4.69, 9.17) is 19.8 Å². The molecule has 0 saturated heterocycles. The van der Waals surface area contributed by atoms with E-state index >= 15 is 0 Å². The molecule has 0 radical (unpaired) electrons. The van der Waals surface area contributed by atoms with Crippen LogP contribution in [0.25, 0.3) is 0 Å². The van der Waals surface area contributed by atoms with Gasteiger partial charge in [0.25, 0.3) is 0 Å². The fraction of sp³-hybridized carbons (Fsp3) is 0.750. The van der Waals surface area contributed by atoms with Gasteiger partial charge in [-0.2, -0.15) is 0 Å². The molecule has 84 valence electrons. The summed E-state index contributed by atoms with van der Waals surface area (Å²) in [6.45, 7) is 0. The van der Waals surface area contributed by atoms with E-state index in [0.717, 1.165) is 0 Å². The third-order valence-electron chi connectivity index (χ3n) is 1.50. The van der Waals surface area contributed by atoms with Crippen molar-refractivity contribution in [3.8, 4) is 0 Å². The highest BCUT2D eigenvalue weighted by Gasteiger charge is 1.95. The Hall–Kier alpha value is -1.46. The zero-order chi connectivity index (χ0) is 11.4. The number of carbonyl (C=O) groups is 2. The second-order valence-corrected chi connectivity index (χ2v) is 2.80. The molecule has 0 spiro atoms. The lowest BCUT2D eigenvalue weighted by Gasteiger charge is -2.05. The van der Waals surface area contributed by atoms with Gasteiger partial charge in [-0.05, 0) is 0 Å². The number of nitrogens with two attached hydrogens (primary N) is 2. The van der Waals surface area contributed by atoms with Gasteiger partial charge in [-0.1, -0.05) is 38.5 Å². The van der Waals surface area contributed by atoms with Crippen LogP contribution in [0.15, 0.2) is 0 Å². The molecule has 0 aromatic rings. The van der Waals surface area contributed by atoms with E-state index < -0.39 is 12.2 Å². The standard InChI is InChI=1S/C6H12.2CH3NO2/c1-2-4-6-5-3-1;2*2-1(3)4/h1-6H2;2*2H2,(H,3,4). The van der Waals surface area contributed by atoms with Crippen LogP contribution in [0.4, 0.5) is 9.59 Å². The molecule has 0 aromatic carbocycles. The Labute approximate surface area is 82.9 Å². The maximum absolute atomic E-state index is 8.78. The van der Waals surface area contributed by atoms with Gasteiger partial charge in [0.1, 0.15) is 0 Å². The van der Waals surface area contributed by atoms with E-state index in [1.165, 1.54) is 38.5 Å². The Balaban J connectivity index is 0. The smallest absolute Gasteiger partial charge is 0.402 e. The van der Waals surface area contributed by atoms with Crippen molar-refractivity contribution in [2.24, 2.45) is 11.5 Å². The Morgan fingerprint density at radius 1 is 0.714 bits per heavy atom. The highest BCUT2D eigenvalue weighted by Crippen LogP contribution is 2.15. The van der Waals surface area contributed by atoms with Crippen molar-refractivity contribution in [1.82, 2.24) is 0 Å². The van der Waals surface area contributed by atoms with Crippen molar-refractivity contribution in [1.29, 1.82) is 0 Å². The van der Waals surface area contributed by atoms with Gasteiger partial charge < -0.3 is 21.7 Å². The lowest BCUT2D eigenvalue weighted by atomic mass is 10.0. The topological polar surface area (TPSA) is 127 Å². The molecular weight excluding hydrogens is 188 g/mol. The molecule has 1 aliphatic rings. The maximum Gasteiger partial charge on any atom is 0.402 e. The average molecular weight is 206 g/mol. The number of hydrogen-bond acceptors (Lipinski definition) is 2. The van der Waals surface area contributed by atoms with Crippen molar-refractivity contribution in [3.05, 3.63) is 0 Å². The van der Waals surface area contributed by atoms with E-state index in [1.807, 2.05) is 0 Å². The first-order chi connectivity index (χ1) is 6.46. The van der Waals surface area contributed by atoms with Crippen LogP contribution in [0.5, 0.6) is 0 Å². The molecule has 0 heterocycles. The first-order valence-electron chi connectivity index (χ1n) is 4.43. The lowest BCUT2D eigenvalue weighted by molar-refractivity contribution is 0.204. The van der Waals surface area contributed by atoms with E-state index in [-0.39, 0.29) is 0 Å². The maximum atomic E-state index is 8.78. The molecule has 2 amide bonds. The highest BCUT2D eigenvalue weighted by molar-refractivity contribution is 5.61. The quantitative estimate of drug-likeness (QED) is 0.479. The monoisotopic (exact) mass is 206 g/mol. The van der Waals surface area contributed by atoms with E-state index in [9.17, 15) is 0 Å². The minimum absolute atomic E-state index is 1.33. The van der Waals surface area contributed by atoms with Crippen LogP contribution >= 0.6 is 0 Å². The fourth-order valence-corrected chi connectivity index (χ4v) is 1.06. The normalized spacial score (nSPS) is 13.7. The van der Waals surface area contributed by atoms with Crippen molar-refractivity contribution < 1.29 is 19.8 Å². The number of amides is 2. The SMILES string of the molecule is C1CCCCC1.NC(=O)O.NC(=O)O. The molecule has 0 aromatic heterocycles. The summed E-state index contributed by atoms with van der Waals surface area (Å²) in [6, 6.07) is 0. The van der Waals surface area contributed by atoms with Gasteiger partial charge in [-0.25, -0.2) is 9.59 Å². The number of rotatable bonds is 0. The third kappa shape index (κ3) is 46.5. The molecule has 0 unspecified atom stereocenters. The zero-order valence-corrected chi connectivity index (χ0v) is 8.11. The van der Waals surface area contributed by atoms with Crippen LogP contribution in [0.2, 0.25) is 0 Å². The molecule has 6 nitrogen and oxygen atoms in total. The predicted molar refractivity (Wildman–Crippen MR) is 52.1 cm³/mol. The van der Waals surface area contributed by atoms with Gasteiger partial charge in [-0.3, -0.25) is 0 Å². The van der Waals surface area contributed by atoms with E-state index in [2.05, 4.69) is 11.5 Å². The van der Waals surface area contributed by atoms with Crippen molar-refractivity contribution in [2.45, 2.75) is 38.5 Å². The Bertz CT molecular complexity index is 126. The highest BCUT2D eigenvalue weighted by atomic mass is 16.4. The number of carboxylic acid groups (broad SMARTS) is 2. The molecule has 0 aliphatic heterocycles. The number of primary amides is 2. The molecule has 1 saturated carbocycles. The molecule has 1 aliphatic carbocycles. The molecule has 6 N–H and O–H groups in total. The van der Waals surface area contributed by atoms with Gasteiger partial charge >= 0.3 is 12.2 Å². The molecule has 0 atom stereocenters. The van der Waals surface area contributed by atoms with Gasteiger partial charge in [0.05, 0.1) is 0 Å². The summed E-state index contributed by atoms with van der Waals surface area (Å²) in [5, 5.41) is 14.4. The van der Waals surface area contributed by atoms with E-state index in [0.29, 0.717) is 0 Å². The summed E-state index contributed by atoms with van der Waals surface area (Å²) >= 11 is 0.